The Morgan fingerprint density at radius 1 is 1.18 bits per heavy atom. The minimum absolute atomic E-state index is 0.117. The van der Waals surface area contributed by atoms with Crippen molar-refractivity contribution >= 4 is 23.4 Å². The van der Waals surface area contributed by atoms with Gasteiger partial charge in [-0.05, 0) is 50.2 Å². The van der Waals surface area contributed by atoms with Crippen molar-refractivity contribution in [3.63, 3.8) is 0 Å². The lowest BCUT2D eigenvalue weighted by atomic mass is 10.2. The molecule has 6 nitrogen and oxygen atoms in total. The van der Waals surface area contributed by atoms with Crippen molar-refractivity contribution in [2.75, 3.05) is 11.1 Å². The summed E-state index contributed by atoms with van der Waals surface area (Å²) in [5.41, 5.74) is 1.90. The number of aromatic nitrogens is 3. The van der Waals surface area contributed by atoms with Crippen molar-refractivity contribution in [1.82, 2.24) is 14.8 Å². The second kappa shape index (κ2) is 8.88. The number of hydrogen-bond donors (Lipinski definition) is 1. The van der Waals surface area contributed by atoms with E-state index in [2.05, 4.69) is 15.5 Å². The van der Waals surface area contributed by atoms with E-state index in [9.17, 15) is 9.18 Å². The van der Waals surface area contributed by atoms with E-state index >= 15 is 0 Å². The summed E-state index contributed by atoms with van der Waals surface area (Å²) < 4.78 is 20.6. The summed E-state index contributed by atoms with van der Waals surface area (Å²) in [6, 6.07) is 13.4. The van der Waals surface area contributed by atoms with E-state index in [1.54, 1.807) is 16.7 Å². The van der Waals surface area contributed by atoms with E-state index in [0.29, 0.717) is 16.7 Å². The summed E-state index contributed by atoms with van der Waals surface area (Å²) in [5, 5.41) is 11.8. The number of aryl methyl sites for hydroxylation is 1. The highest BCUT2D eigenvalue weighted by Gasteiger charge is 2.18. The number of carbonyl (C=O) groups is 1. The van der Waals surface area contributed by atoms with Gasteiger partial charge in [0.25, 0.3) is 0 Å². The number of hydrogen-bond acceptors (Lipinski definition) is 5. The molecule has 1 unspecified atom stereocenters. The zero-order chi connectivity index (χ0) is 20.1. The number of nitrogens with zero attached hydrogens (tertiary/aromatic N) is 3. The van der Waals surface area contributed by atoms with Gasteiger partial charge in [0.15, 0.2) is 17.1 Å². The lowest BCUT2D eigenvalue weighted by Crippen LogP contribution is -2.14. The van der Waals surface area contributed by atoms with E-state index in [-0.39, 0.29) is 23.6 Å². The number of rotatable bonds is 7. The zero-order valence-corrected chi connectivity index (χ0v) is 16.7. The molecule has 1 heterocycles. The second-order valence-electron chi connectivity index (χ2n) is 6.32. The van der Waals surface area contributed by atoms with Gasteiger partial charge in [-0.25, -0.2) is 4.39 Å². The van der Waals surface area contributed by atoms with Crippen molar-refractivity contribution in [3.05, 3.63) is 65.7 Å². The summed E-state index contributed by atoms with van der Waals surface area (Å²) in [6.07, 6.45) is -0.376. The monoisotopic (exact) mass is 400 g/mol. The van der Waals surface area contributed by atoms with Gasteiger partial charge in [-0.1, -0.05) is 29.5 Å². The zero-order valence-electron chi connectivity index (χ0n) is 15.8. The average molecular weight is 400 g/mol. The Bertz CT molecular complexity index is 942. The van der Waals surface area contributed by atoms with Crippen LogP contribution in [-0.4, -0.2) is 26.4 Å². The van der Waals surface area contributed by atoms with Crippen molar-refractivity contribution in [3.8, 4) is 5.75 Å². The minimum atomic E-state index is -0.376. The fraction of sp³-hybridized carbons (Fsp3) is 0.250. The van der Waals surface area contributed by atoms with Crippen LogP contribution in [0, 0.1) is 12.7 Å². The number of nitrogens with one attached hydrogen (secondary N) is 1. The summed E-state index contributed by atoms with van der Waals surface area (Å²) in [7, 11) is 1.82. The van der Waals surface area contributed by atoms with E-state index < -0.39 is 0 Å². The number of halogens is 1. The van der Waals surface area contributed by atoms with Crippen LogP contribution in [0.4, 0.5) is 10.1 Å². The Morgan fingerprint density at radius 2 is 1.86 bits per heavy atom. The van der Waals surface area contributed by atoms with Crippen LogP contribution >= 0.6 is 11.8 Å². The number of benzene rings is 2. The molecule has 1 N–H and O–H groups in total. The van der Waals surface area contributed by atoms with Crippen molar-refractivity contribution < 1.29 is 13.9 Å². The van der Waals surface area contributed by atoms with E-state index in [0.717, 1.165) is 11.3 Å². The van der Waals surface area contributed by atoms with Gasteiger partial charge in [-0.2, -0.15) is 0 Å². The first-order valence-corrected chi connectivity index (χ1v) is 9.72. The third-order valence-electron chi connectivity index (χ3n) is 4.03. The molecule has 3 rings (SSSR count). The number of amides is 1. The van der Waals surface area contributed by atoms with Gasteiger partial charge in [0.05, 0.1) is 5.75 Å². The molecule has 0 radical (unpaired) electrons. The fourth-order valence-corrected chi connectivity index (χ4v) is 3.26. The smallest absolute Gasteiger partial charge is 0.234 e. The Morgan fingerprint density at radius 3 is 2.54 bits per heavy atom. The first-order chi connectivity index (χ1) is 13.4. The number of anilines is 1. The molecule has 0 aliphatic heterocycles. The van der Waals surface area contributed by atoms with Crippen LogP contribution in [0.5, 0.6) is 5.75 Å². The molecule has 3 aromatic rings. The molecule has 146 valence electrons. The molecule has 0 aliphatic rings. The molecule has 0 bridgehead atoms. The molecule has 0 fully saturated rings. The second-order valence-corrected chi connectivity index (χ2v) is 7.26. The predicted molar refractivity (Wildman–Crippen MR) is 107 cm³/mol. The van der Waals surface area contributed by atoms with E-state index in [4.69, 9.17) is 4.74 Å². The molecular formula is C20H21FN4O2S. The van der Waals surface area contributed by atoms with Crippen molar-refractivity contribution in [1.29, 1.82) is 0 Å². The first-order valence-electron chi connectivity index (χ1n) is 8.73. The van der Waals surface area contributed by atoms with Crippen LogP contribution in [0.15, 0.2) is 53.7 Å². The van der Waals surface area contributed by atoms with E-state index in [1.807, 2.05) is 45.2 Å². The molecule has 0 saturated carbocycles. The van der Waals surface area contributed by atoms with Crippen LogP contribution in [0.3, 0.4) is 0 Å². The standard InChI is InChI=1S/C20H21FN4O2S/c1-13-4-8-16(9-5-13)22-18(26)12-28-20-24-23-19(25(20)3)14(2)27-17-10-6-15(21)7-11-17/h4-11,14H,12H2,1-3H3,(H,22,26). The van der Waals surface area contributed by atoms with Crippen LogP contribution in [0.2, 0.25) is 0 Å². The highest BCUT2D eigenvalue weighted by molar-refractivity contribution is 7.99. The Hall–Kier alpha value is -2.87. The van der Waals surface area contributed by atoms with Crippen LogP contribution < -0.4 is 10.1 Å². The quantitative estimate of drug-likeness (QED) is 0.604. The van der Waals surface area contributed by atoms with Crippen LogP contribution in [0.25, 0.3) is 0 Å². The highest BCUT2D eigenvalue weighted by atomic mass is 32.2. The SMILES string of the molecule is Cc1ccc(NC(=O)CSc2nnc(C(C)Oc3ccc(F)cc3)n2C)cc1. The topological polar surface area (TPSA) is 69.0 Å². The summed E-state index contributed by atoms with van der Waals surface area (Å²) in [4.78, 5) is 12.1. The third-order valence-corrected chi connectivity index (χ3v) is 5.05. The molecule has 28 heavy (non-hydrogen) atoms. The fourth-order valence-electron chi connectivity index (χ4n) is 2.54. The third kappa shape index (κ3) is 5.10. The Kier molecular flexibility index (Phi) is 6.30. The molecule has 1 amide bonds. The van der Waals surface area contributed by atoms with Crippen molar-refractivity contribution in [2.45, 2.75) is 25.1 Å². The van der Waals surface area contributed by atoms with Gasteiger partial charge in [-0.3, -0.25) is 4.79 Å². The van der Waals surface area contributed by atoms with Gasteiger partial charge < -0.3 is 14.6 Å². The van der Waals surface area contributed by atoms with Gasteiger partial charge in [0, 0.05) is 12.7 Å². The maximum Gasteiger partial charge on any atom is 0.234 e. The molecule has 0 spiro atoms. The lowest BCUT2D eigenvalue weighted by molar-refractivity contribution is -0.113. The summed E-state index contributed by atoms with van der Waals surface area (Å²) in [6.45, 7) is 3.83. The maximum atomic E-state index is 13.0. The van der Waals surface area contributed by atoms with Gasteiger partial charge >= 0.3 is 0 Å². The largest absolute Gasteiger partial charge is 0.483 e. The number of carbonyl (C=O) groups excluding carboxylic acids is 1. The van der Waals surface area contributed by atoms with Gasteiger partial charge in [0.2, 0.25) is 5.91 Å². The van der Waals surface area contributed by atoms with Crippen molar-refractivity contribution in [2.24, 2.45) is 7.05 Å². The molecule has 0 aliphatic carbocycles. The normalized spacial score (nSPS) is 11.9. The average Bonchev–Trinajstić information content (AvgIpc) is 3.04. The Labute approximate surface area is 167 Å². The van der Waals surface area contributed by atoms with E-state index in [1.165, 1.54) is 23.9 Å². The van der Waals surface area contributed by atoms with Crippen LogP contribution in [-0.2, 0) is 11.8 Å². The van der Waals surface area contributed by atoms with Crippen LogP contribution in [0.1, 0.15) is 24.4 Å². The first kappa shape index (κ1) is 19.9. The lowest BCUT2D eigenvalue weighted by Gasteiger charge is -2.14. The van der Waals surface area contributed by atoms with Gasteiger partial charge in [-0.15, -0.1) is 10.2 Å². The molecule has 1 aromatic heterocycles. The maximum absolute atomic E-state index is 13.0. The Balaban J connectivity index is 1.57. The number of thioether (sulfide) groups is 1. The predicted octanol–water partition coefficient (Wildman–Crippen LogP) is 4.13. The highest BCUT2D eigenvalue weighted by Crippen LogP contribution is 2.24. The molecule has 8 heteroatoms. The summed E-state index contributed by atoms with van der Waals surface area (Å²) in [5.74, 6) is 0.942. The molecule has 0 saturated heterocycles. The molecule has 2 aromatic carbocycles. The minimum Gasteiger partial charge on any atom is -0.483 e. The molecule has 1 atom stereocenters. The van der Waals surface area contributed by atoms with Gasteiger partial charge in [0.1, 0.15) is 11.6 Å². The number of ether oxygens (including phenoxy) is 1. The summed E-state index contributed by atoms with van der Waals surface area (Å²) >= 11 is 1.30. The molecular weight excluding hydrogens is 379 g/mol.